The second-order valence-corrected chi connectivity index (χ2v) is 27.7. The van der Waals surface area contributed by atoms with E-state index in [2.05, 4.69) is 21.3 Å². The summed E-state index contributed by atoms with van der Waals surface area (Å²) in [6.45, 7) is 16.4. The average molecular weight is 1390 g/mol. The zero-order valence-corrected chi connectivity index (χ0v) is 60.2. The molecule has 1 saturated carbocycles. The van der Waals surface area contributed by atoms with Crippen molar-refractivity contribution in [3.05, 3.63) is 77.4 Å². The summed E-state index contributed by atoms with van der Waals surface area (Å²) in [5.41, 5.74) is 13.4. The Bertz CT molecular complexity index is 2960. The quantitative estimate of drug-likeness (QED) is 0.0180. The van der Waals surface area contributed by atoms with E-state index in [1.807, 2.05) is 51.2 Å². The van der Waals surface area contributed by atoms with Gasteiger partial charge in [0.1, 0.15) is 49.5 Å². The molecule has 17 atom stereocenters. The van der Waals surface area contributed by atoms with Gasteiger partial charge >= 0.3 is 18.1 Å². The van der Waals surface area contributed by atoms with Crippen LogP contribution in [0.1, 0.15) is 158 Å². The zero-order valence-electron chi connectivity index (χ0n) is 60.2. The zero-order chi connectivity index (χ0) is 73.1. The van der Waals surface area contributed by atoms with Crippen molar-refractivity contribution in [3.63, 3.8) is 0 Å². The number of hydrogen-bond donors (Lipinski definition) is 8. The first-order valence-electron chi connectivity index (χ1n) is 35.1. The number of rotatable bonds is 23. The highest BCUT2D eigenvalue weighted by Gasteiger charge is 2.53. The monoisotopic (exact) mass is 1390 g/mol. The summed E-state index contributed by atoms with van der Waals surface area (Å²) in [6.07, 6.45) is 10.6. The lowest BCUT2D eigenvalue weighted by molar-refractivity contribution is -0.265. The second-order valence-electron chi connectivity index (χ2n) is 27.7. The maximum atomic E-state index is 14.7. The predicted octanol–water partition coefficient (Wildman–Crippen LogP) is 6.96. The number of nitrogens with zero attached hydrogens (tertiary/aromatic N) is 1. The van der Waals surface area contributed by atoms with E-state index in [1.165, 1.54) is 12.0 Å². The van der Waals surface area contributed by atoms with E-state index < -0.39 is 120 Å². The van der Waals surface area contributed by atoms with Crippen LogP contribution in [-0.2, 0) is 78.1 Å². The fourth-order valence-corrected chi connectivity index (χ4v) is 13.2. The number of allylic oxidation sites excluding steroid dienone is 6. The molecule has 2 bridgehead atoms. The van der Waals surface area contributed by atoms with Crippen LogP contribution in [0.5, 0.6) is 0 Å². The largest absolute Gasteiger partial charge is 0.460 e. The van der Waals surface area contributed by atoms with E-state index in [4.69, 9.17) is 49.4 Å². The van der Waals surface area contributed by atoms with Crippen LogP contribution in [0, 0.1) is 41.4 Å². The van der Waals surface area contributed by atoms with Crippen molar-refractivity contribution in [3.8, 4) is 0 Å². The molecule has 10 N–H and O–H groups in total. The number of carbonyl (C=O) groups is 9. The number of aliphatic hydroxyl groups excluding tert-OH is 1. The van der Waals surface area contributed by atoms with Gasteiger partial charge in [0.25, 0.3) is 11.7 Å². The molecule has 3 heterocycles. The fourth-order valence-electron chi connectivity index (χ4n) is 13.2. The number of nitrogens with one attached hydrogen (secondary N) is 4. The van der Waals surface area contributed by atoms with Crippen LogP contribution in [0.15, 0.2) is 71.9 Å². The van der Waals surface area contributed by atoms with Gasteiger partial charge in [-0.05, 0) is 143 Å². The number of benzene rings is 1. The van der Waals surface area contributed by atoms with Crippen molar-refractivity contribution in [1.82, 2.24) is 20.9 Å². The van der Waals surface area contributed by atoms with E-state index in [9.17, 15) is 53.4 Å². The van der Waals surface area contributed by atoms with Crippen LogP contribution in [0.2, 0.25) is 0 Å². The molecule has 6 amide bonds. The first-order valence-corrected chi connectivity index (χ1v) is 35.1. The standard InChI is InChI=1S/C73H113N7O19/c1-43(2)62(74)68(86)79-55(21-18-31-76-71(75)89)67(85)78-53-27-24-51(25-28-53)41-97-72(90)77-42-95-33-34-96-58-30-26-52(38-61(58)93-11)37-47(6)60-40-57(81)46(5)36-49(8)64(83)65(94-12)63(82)48(7)35-44(3)19-14-13-15-20-45(4)59(92-10)39-54-29-23-50(9)73(91,99-54)66(84)69(87)80-32-17-16-22-56(80)70(88)98-60/h13-15,19-20,24-25,27-28,36,43-44,46-48,50,52,54-56,58-62,64-65,83,91H,16-18,21-23,26,29-35,37-42,74H2,1-12H3,(H,77,90)(H,78,85)(H,79,86)(H3,75,76,89)/t44-,46-,47+,48-,50-,52-,54+,55-,56+,58-,59+,60+,61-,62-,64-,65+,73-/m1/s1. The van der Waals surface area contributed by atoms with Gasteiger partial charge in [-0.15, -0.1) is 0 Å². The Hall–Kier alpha value is -6.75. The Morgan fingerprint density at radius 1 is 0.818 bits per heavy atom. The molecule has 4 aliphatic rings. The minimum absolute atomic E-state index is 0.0186. The number of ether oxygens (including phenoxy) is 8. The number of primary amides is 1. The molecule has 1 aromatic rings. The van der Waals surface area contributed by atoms with Gasteiger partial charge in [0, 0.05) is 70.7 Å². The summed E-state index contributed by atoms with van der Waals surface area (Å²) >= 11 is 0. The van der Waals surface area contributed by atoms with Crippen LogP contribution in [0.3, 0.4) is 0 Å². The summed E-state index contributed by atoms with van der Waals surface area (Å²) in [4.78, 5) is 123. The number of methoxy groups -OCH3 is 3. The summed E-state index contributed by atoms with van der Waals surface area (Å²) < 4.78 is 47.3. The summed E-state index contributed by atoms with van der Waals surface area (Å²) in [7, 11) is 4.53. The molecule has 3 fully saturated rings. The minimum atomic E-state index is -2.48. The topological polar surface area (TPSA) is 371 Å². The molecule has 3 aliphatic heterocycles. The van der Waals surface area contributed by atoms with Gasteiger partial charge in [-0.3, -0.25) is 34.1 Å². The number of anilines is 1. The molecule has 554 valence electrons. The smallest absolute Gasteiger partial charge is 0.409 e. The molecule has 1 aliphatic carbocycles. The van der Waals surface area contributed by atoms with Gasteiger partial charge in [0.2, 0.25) is 17.6 Å². The summed E-state index contributed by atoms with van der Waals surface area (Å²) in [5.74, 6) is -9.70. The molecule has 99 heavy (non-hydrogen) atoms. The normalized spacial score (nSPS) is 29.3. The molecule has 0 unspecified atom stereocenters. The van der Waals surface area contributed by atoms with Gasteiger partial charge in [0.05, 0.1) is 43.7 Å². The third-order valence-electron chi connectivity index (χ3n) is 19.5. The van der Waals surface area contributed by atoms with E-state index in [-0.39, 0.29) is 107 Å². The average Bonchev–Trinajstić information content (AvgIpc) is 0.774. The summed E-state index contributed by atoms with van der Waals surface area (Å²) in [6, 6.07) is 2.89. The van der Waals surface area contributed by atoms with Gasteiger partial charge < -0.3 is 80.4 Å². The molecule has 5 rings (SSSR count). The Labute approximate surface area is 584 Å². The maximum Gasteiger partial charge on any atom is 0.409 e. The molecule has 26 nitrogen and oxygen atoms in total. The number of carbonyl (C=O) groups excluding carboxylic acids is 9. The highest BCUT2D eigenvalue weighted by atomic mass is 16.6. The maximum absolute atomic E-state index is 14.7. The lowest BCUT2D eigenvalue weighted by atomic mass is 9.78. The minimum Gasteiger partial charge on any atom is -0.460 e. The first-order chi connectivity index (χ1) is 47.0. The predicted molar refractivity (Wildman–Crippen MR) is 370 cm³/mol. The van der Waals surface area contributed by atoms with Crippen LogP contribution in [0.25, 0.3) is 0 Å². The Balaban J connectivity index is 1.21. The number of cyclic esters (lactones) is 1. The van der Waals surface area contributed by atoms with Gasteiger partial charge in [-0.2, -0.15) is 0 Å². The number of ketones is 3. The van der Waals surface area contributed by atoms with Crippen molar-refractivity contribution in [2.24, 2.45) is 52.9 Å². The highest BCUT2D eigenvalue weighted by Crippen LogP contribution is 2.38. The Morgan fingerprint density at radius 3 is 2.22 bits per heavy atom. The number of urea groups is 1. The molecule has 26 heteroatoms. The number of hydrogen-bond acceptors (Lipinski definition) is 20. The lowest BCUT2D eigenvalue weighted by Crippen LogP contribution is -2.61. The lowest BCUT2D eigenvalue weighted by Gasteiger charge is -2.42. The molecule has 0 spiro atoms. The number of Topliss-reactive ketones (excluding diaryl/α,β-unsaturated/α-hetero) is 3. The third kappa shape index (κ3) is 25.7. The molecule has 0 aromatic heterocycles. The SMILES string of the molecule is CO[C@H]1C[C@@H]2CC[C@@H](C)[C@@](O)(O2)C(=O)C(=O)N2CCCC[C@H]2C(=O)O[C@H]([C@@H](C)C[C@H]2CC[C@@H](OCCOCNC(=O)OCc3ccc(NC(=O)[C@@H](CCCNC(N)=O)NC(=O)[C@H](N)C(C)C)cc3)[C@H](OC)C2)CC(=O)[C@H](C)C=C(C)[C@@H](O)[C@@H](OC)C(=O)[C@H](C)C[C@H](C)C=CC=CC=C1C. The number of aliphatic hydroxyl groups is 2. The fraction of sp³-hybridized carbons (Fsp3) is 0.685. The number of piperidine rings is 1. The van der Waals surface area contributed by atoms with Gasteiger partial charge in [-0.1, -0.05) is 97.1 Å². The highest BCUT2D eigenvalue weighted by molar-refractivity contribution is 6.39. The van der Waals surface area contributed by atoms with Crippen LogP contribution >= 0.6 is 0 Å². The van der Waals surface area contributed by atoms with Gasteiger partial charge in [0.15, 0.2) is 5.78 Å². The van der Waals surface area contributed by atoms with E-state index >= 15 is 0 Å². The molecular weight excluding hydrogens is 1280 g/mol. The van der Waals surface area contributed by atoms with Gasteiger partial charge in [-0.25, -0.2) is 14.4 Å². The molecule has 1 aromatic carbocycles. The number of amides is 6. The van der Waals surface area contributed by atoms with Crippen molar-refractivity contribution in [1.29, 1.82) is 0 Å². The van der Waals surface area contributed by atoms with Crippen molar-refractivity contribution >= 4 is 58.9 Å². The first kappa shape index (κ1) is 82.9. The van der Waals surface area contributed by atoms with Crippen molar-refractivity contribution < 1.29 is 91.3 Å². The van der Waals surface area contributed by atoms with E-state index in [0.29, 0.717) is 81.0 Å². The van der Waals surface area contributed by atoms with Crippen LogP contribution < -0.4 is 32.7 Å². The number of alkyl carbamates (subject to hydrolysis) is 1. The molecular formula is C73H113N7O19. The Morgan fingerprint density at radius 2 is 1.55 bits per heavy atom. The number of fused-ring (bicyclic) bond motifs is 3. The van der Waals surface area contributed by atoms with E-state index in [0.717, 1.165) is 5.57 Å². The second kappa shape index (κ2) is 41.2. The molecule has 2 saturated heterocycles. The van der Waals surface area contributed by atoms with Crippen molar-refractivity contribution in [2.45, 2.75) is 225 Å². The van der Waals surface area contributed by atoms with Crippen LogP contribution in [-0.4, -0.2) is 189 Å². The van der Waals surface area contributed by atoms with E-state index in [1.54, 1.807) is 86.1 Å². The van der Waals surface area contributed by atoms with Crippen molar-refractivity contribution in [2.75, 3.05) is 59.7 Å². The number of esters is 1. The molecule has 0 radical (unpaired) electrons. The Kier molecular flexibility index (Phi) is 34.5. The summed E-state index contributed by atoms with van der Waals surface area (Å²) in [5, 5.41) is 34.2. The third-order valence-corrected chi connectivity index (χ3v) is 19.5. The number of nitrogens with two attached hydrogens (primary N) is 2. The van der Waals surface area contributed by atoms with Crippen LogP contribution in [0.4, 0.5) is 15.3 Å².